The molecule has 0 fully saturated rings. The van der Waals surface area contributed by atoms with Crippen molar-refractivity contribution in [3.05, 3.63) is 59.4 Å². The smallest absolute Gasteiger partial charge is 0.319 e. The molecule has 0 bridgehead atoms. The third kappa shape index (κ3) is 3.82. The highest BCUT2D eigenvalue weighted by atomic mass is 16.2. The monoisotopic (exact) mass is 298 g/mol. The van der Waals surface area contributed by atoms with Gasteiger partial charge in [0.2, 0.25) is 0 Å². The van der Waals surface area contributed by atoms with Crippen molar-refractivity contribution in [3.8, 4) is 0 Å². The van der Waals surface area contributed by atoms with Gasteiger partial charge in [-0.15, -0.1) is 0 Å². The Morgan fingerprint density at radius 3 is 2.64 bits per heavy atom. The predicted octanol–water partition coefficient (Wildman–Crippen LogP) is 2.07. The summed E-state index contributed by atoms with van der Waals surface area (Å²) in [5.74, 6) is -0.185. The van der Waals surface area contributed by atoms with Gasteiger partial charge in [-0.2, -0.15) is 0 Å². The summed E-state index contributed by atoms with van der Waals surface area (Å²) in [5, 5.41) is 8.04. The summed E-state index contributed by atoms with van der Waals surface area (Å²) in [4.78, 5) is 27.8. The molecule has 22 heavy (non-hydrogen) atoms. The molecule has 0 saturated carbocycles. The molecule has 1 heterocycles. The Balaban J connectivity index is 2.01. The molecular formula is C16H18N4O2. The van der Waals surface area contributed by atoms with E-state index in [0.29, 0.717) is 17.8 Å². The Bertz CT molecular complexity index is 671. The highest BCUT2D eigenvalue weighted by Crippen LogP contribution is 2.18. The number of amides is 3. The van der Waals surface area contributed by atoms with Gasteiger partial charge in [0, 0.05) is 24.5 Å². The van der Waals surface area contributed by atoms with Crippen molar-refractivity contribution in [2.75, 3.05) is 12.4 Å². The summed E-state index contributed by atoms with van der Waals surface area (Å²) in [6.45, 7) is 2.12. The Kier molecular flexibility index (Phi) is 5.08. The second-order valence-electron chi connectivity index (χ2n) is 4.69. The third-order valence-electron chi connectivity index (χ3n) is 3.21. The van der Waals surface area contributed by atoms with E-state index < -0.39 is 0 Å². The highest BCUT2D eigenvalue weighted by molar-refractivity contribution is 5.98. The number of aromatic nitrogens is 1. The lowest BCUT2D eigenvalue weighted by atomic mass is 10.1. The standard InChI is InChI=1S/C16H18N4O2/c1-11-13(15(21)17-2)7-5-8-14(11)20-16(22)19-10-12-6-3-4-9-18-12/h3-9H,10H2,1-2H3,(H,17,21)(H2,19,20,22). The molecule has 1 aromatic heterocycles. The first-order chi connectivity index (χ1) is 10.6. The normalized spacial score (nSPS) is 9.91. The van der Waals surface area contributed by atoms with Gasteiger partial charge in [0.25, 0.3) is 5.91 Å². The van der Waals surface area contributed by atoms with Gasteiger partial charge in [-0.05, 0) is 36.8 Å². The van der Waals surface area contributed by atoms with Crippen LogP contribution in [0.3, 0.4) is 0 Å². The van der Waals surface area contributed by atoms with Crippen molar-refractivity contribution in [3.63, 3.8) is 0 Å². The topological polar surface area (TPSA) is 83.1 Å². The van der Waals surface area contributed by atoms with Gasteiger partial charge in [-0.3, -0.25) is 9.78 Å². The molecule has 6 heteroatoms. The minimum Gasteiger partial charge on any atom is -0.355 e. The number of hydrogen-bond donors (Lipinski definition) is 3. The van der Waals surface area contributed by atoms with Crippen molar-refractivity contribution >= 4 is 17.6 Å². The maximum absolute atomic E-state index is 11.9. The zero-order valence-electron chi connectivity index (χ0n) is 12.5. The van der Waals surface area contributed by atoms with Crippen molar-refractivity contribution in [1.82, 2.24) is 15.6 Å². The van der Waals surface area contributed by atoms with Crippen molar-refractivity contribution in [1.29, 1.82) is 0 Å². The number of nitrogens with zero attached hydrogens (tertiary/aromatic N) is 1. The summed E-state index contributed by atoms with van der Waals surface area (Å²) in [6, 6.07) is 10.4. The second-order valence-corrected chi connectivity index (χ2v) is 4.69. The number of benzene rings is 1. The maximum Gasteiger partial charge on any atom is 0.319 e. The highest BCUT2D eigenvalue weighted by Gasteiger charge is 2.11. The van der Waals surface area contributed by atoms with E-state index in [-0.39, 0.29) is 11.9 Å². The fourth-order valence-corrected chi connectivity index (χ4v) is 1.99. The Morgan fingerprint density at radius 1 is 1.14 bits per heavy atom. The van der Waals surface area contributed by atoms with Crippen LogP contribution in [0, 0.1) is 6.92 Å². The molecule has 2 rings (SSSR count). The Hall–Kier alpha value is -2.89. The van der Waals surface area contributed by atoms with Crippen molar-refractivity contribution in [2.24, 2.45) is 0 Å². The molecule has 0 atom stereocenters. The molecule has 3 amide bonds. The Labute approximate surface area is 129 Å². The molecule has 2 aromatic rings. The molecule has 0 aliphatic carbocycles. The zero-order valence-corrected chi connectivity index (χ0v) is 12.5. The van der Waals surface area contributed by atoms with E-state index >= 15 is 0 Å². The van der Waals surface area contributed by atoms with Crippen LogP contribution in [-0.2, 0) is 6.54 Å². The van der Waals surface area contributed by atoms with Crippen LogP contribution in [0.15, 0.2) is 42.6 Å². The molecule has 0 radical (unpaired) electrons. The van der Waals surface area contributed by atoms with Gasteiger partial charge >= 0.3 is 6.03 Å². The molecule has 3 N–H and O–H groups in total. The fraction of sp³-hybridized carbons (Fsp3) is 0.188. The number of hydrogen-bond acceptors (Lipinski definition) is 3. The first kappa shape index (κ1) is 15.5. The molecule has 0 aliphatic heterocycles. The largest absolute Gasteiger partial charge is 0.355 e. The van der Waals surface area contributed by atoms with E-state index in [2.05, 4.69) is 20.9 Å². The number of urea groups is 1. The molecule has 0 spiro atoms. The first-order valence-electron chi connectivity index (χ1n) is 6.88. The second kappa shape index (κ2) is 7.21. The molecule has 0 saturated heterocycles. The average Bonchev–Trinajstić information content (AvgIpc) is 2.55. The van der Waals surface area contributed by atoms with E-state index in [1.165, 1.54) is 0 Å². The van der Waals surface area contributed by atoms with E-state index in [1.807, 2.05) is 18.2 Å². The number of pyridine rings is 1. The summed E-state index contributed by atoms with van der Waals surface area (Å²) < 4.78 is 0. The predicted molar refractivity (Wildman–Crippen MR) is 84.7 cm³/mol. The minimum absolute atomic E-state index is 0.185. The molecule has 1 aromatic carbocycles. The van der Waals surface area contributed by atoms with Crippen LogP contribution in [0.4, 0.5) is 10.5 Å². The summed E-state index contributed by atoms with van der Waals surface area (Å²) in [7, 11) is 1.57. The van der Waals surface area contributed by atoms with Gasteiger partial charge in [-0.25, -0.2) is 4.79 Å². The van der Waals surface area contributed by atoms with Gasteiger partial charge in [0.1, 0.15) is 0 Å². The zero-order chi connectivity index (χ0) is 15.9. The molecule has 0 unspecified atom stereocenters. The van der Waals surface area contributed by atoms with Crippen LogP contribution in [0.2, 0.25) is 0 Å². The molecule has 0 aliphatic rings. The van der Waals surface area contributed by atoms with Crippen LogP contribution >= 0.6 is 0 Å². The first-order valence-corrected chi connectivity index (χ1v) is 6.88. The summed E-state index contributed by atoms with van der Waals surface area (Å²) >= 11 is 0. The molecule has 114 valence electrons. The van der Waals surface area contributed by atoms with Gasteiger partial charge in [-0.1, -0.05) is 12.1 Å². The van der Waals surface area contributed by atoms with Gasteiger partial charge in [0.05, 0.1) is 12.2 Å². The van der Waals surface area contributed by atoms with Crippen LogP contribution in [0.25, 0.3) is 0 Å². The number of carbonyl (C=O) groups excluding carboxylic acids is 2. The summed E-state index contributed by atoms with van der Waals surface area (Å²) in [6.07, 6.45) is 1.67. The van der Waals surface area contributed by atoms with Gasteiger partial charge < -0.3 is 16.0 Å². The lowest BCUT2D eigenvalue weighted by Gasteiger charge is -2.12. The van der Waals surface area contributed by atoms with E-state index in [4.69, 9.17) is 0 Å². The quantitative estimate of drug-likeness (QED) is 0.808. The van der Waals surface area contributed by atoms with Gasteiger partial charge in [0.15, 0.2) is 0 Å². The maximum atomic E-state index is 11.9. The van der Waals surface area contributed by atoms with Crippen LogP contribution in [-0.4, -0.2) is 24.0 Å². The number of carbonyl (C=O) groups is 2. The number of nitrogens with one attached hydrogen (secondary N) is 3. The lowest BCUT2D eigenvalue weighted by Crippen LogP contribution is -2.29. The summed E-state index contributed by atoms with van der Waals surface area (Å²) in [5.41, 5.74) is 2.62. The van der Waals surface area contributed by atoms with Crippen molar-refractivity contribution in [2.45, 2.75) is 13.5 Å². The van der Waals surface area contributed by atoms with Crippen LogP contribution in [0.1, 0.15) is 21.6 Å². The number of rotatable bonds is 4. The fourth-order valence-electron chi connectivity index (χ4n) is 1.99. The van der Waals surface area contributed by atoms with Crippen LogP contribution in [0.5, 0.6) is 0 Å². The van der Waals surface area contributed by atoms with Crippen molar-refractivity contribution < 1.29 is 9.59 Å². The van der Waals surface area contributed by atoms with E-state index in [1.54, 1.807) is 38.4 Å². The lowest BCUT2D eigenvalue weighted by molar-refractivity contribution is 0.0962. The third-order valence-corrected chi connectivity index (χ3v) is 3.21. The SMILES string of the molecule is CNC(=O)c1cccc(NC(=O)NCc2ccccn2)c1C. The van der Waals surface area contributed by atoms with E-state index in [0.717, 1.165) is 11.3 Å². The Morgan fingerprint density at radius 2 is 1.95 bits per heavy atom. The van der Waals surface area contributed by atoms with Crippen LogP contribution < -0.4 is 16.0 Å². The average molecular weight is 298 g/mol. The molecular weight excluding hydrogens is 280 g/mol. The number of anilines is 1. The molecule has 6 nitrogen and oxygen atoms in total. The minimum atomic E-state index is -0.345. The van der Waals surface area contributed by atoms with E-state index in [9.17, 15) is 9.59 Å².